The number of phenolic OH excluding ortho intramolecular Hbond substituents is 1. The molecule has 25 heavy (non-hydrogen) atoms. The van der Waals surface area contributed by atoms with Crippen LogP contribution in [0.1, 0.15) is 69.8 Å². The molecule has 1 rings (SSSR count). The van der Waals surface area contributed by atoms with Crippen molar-refractivity contribution in [2.24, 2.45) is 5.73 Å². The average Bonchev–Trinajstić information content (AvgIpc) is 2.61. The van der Waals surface area contributed by atoms with Crippen LogP contribution in [0.5, 0.6) is 5.75 Å². The minimum absolute atomic E-state index is 0.0826. The van der Waals surface area contributed by atoms with Gasteiger partial charge in [0.2, 0.25) is 5.91 Å². The van der Waals surface area contributed by atoms with E-state index in [1.807, 2.05) is 6.07 Å². The van der Waals surface area contributed by atoms with Crippen molar-refractivity contribution in [2.75, 3.05) is 13.1 Å². The number of phenols is 1. The molecule has 0 radical (unpaired) electrons. The highest BCUT2D eigenvalue weighted by atomic mass is 16.3. The Morgan fingerprint density at radius 1 is 0.960 bits per heavy atom. The number of aromatic hydroxyl groups is 1. The van der Waals surface area contributed by atoms with Crippen molar-refractivity contribution in [2.45, 2.75) is 64.2 Å². The maximum Gasteiger partial charge on any atom is 0.243 e. The molecule has 1 aromatic carbocycles. The van der Waals surface area contributed by atoms with Gasteiger partial charge in [-0.25, -0.2) is 0 Å². The molecule has 0 saturated heterocycles. The number of rotatable bonds is 14. The molecule has 1 amide bonds. The fourth-order valence-electron chi connectivity index (χ4n) is 2.75. The third-order valence-corrected chi connectivity index (χ3v) is 4.23. The maximum absolute atomic E-state index is 11.7. The Labute approximate surface area is 152 Å². The number of hydrogen-bond donors (Lipinski definition) is 3. The molecular weight excluding hydrogens is 312 g/mol. The van der Waals surface area contributed by atoms with Crippen molar-refractivity contribution in [1.82, 2.24) is 5.32 Å². The molecule has 0 atom stereocenters. The number of amides is 1. The lowest BCUT2D eigenvalue weighted by molar-refractivity contribution is -0.116. The van der Waals surface area contributed by atoms with Gasteiger partial charge in [-0.05, 0) is 43.2 Å². The Morgan fingerprint density at radius 3 is 2.16 bits per heavy atom. The normalized spacial score (nSPS) is 11.1. The predicted octanol–water partition coefficient (Wildman–Crippen LogP) is 4.38. The SMILES string of the molecule is NCCCCCCCCCCCCNC(=O)C=Cc1cccc(O)c1. The van der Waals surface area contributed by atoms with Crippen LogP contribution in [-0.4, -0.2) is 24.1 Å². The van der Waals surface area contributed by atoms with E-state index in [-0.39, 0.29) is 11.7 Å². The summed E-state index contributed by atoms with van der Waals surface area (Å²) in [5, 5.41) is 12.3. The Kier molecular flexibility index (Phi) is 12.3. The second-order valence-electron chi connectivity index (χ2n) is 6.54. The average molecular weight is 347 g/mol. The van der Waals surface area contributed by atoms with Crippen molar-refractivity contribution >= 4 is 12.0 Å². The highest BCUT2D eigenvalue weighted by Crippen LogP contribution is 2.12. The zero-order valence-electron chi connectivity index (χ0n) is 15.4. The van der Waals surface area contributed by atoms with Crippen molar-refractivity contribution < 1.29 is 9.90 Å². The lowest BCUT2D eigenvalue weighted by Gasteiger charge is -2.03. The van der Waals surface area contributed by atoms with Crippen LogP contribution in [0.3, 0.4) is 0 Å². The van der Waals surface area contributed by atoms with E-state index in [1.165, 1.54) is 57.4 Å². The third-order valence-electron chi connectivity index (χ3n) is 4.23. The Hall–Kier alpha value is -1.81. The van der Waals surface area contributed by atoms with E-state index in [1.54, 1.807) is 24.3 Å². The van der Waals surface area contributed by atoms with Crippen LogP contribution in [0.15, 0.2) is 30.3 Å². The summed E-state index contributed by atoms with van der Waals surface area (Å²) in [5.41, 5.74) is 6.30. The van der Waals surface area contributed by atoms with Crippen LogP contribution in [0.25, 0.3) is 6.08 Å². The van der Waals surface area contributed by atoms with E-state index in [0.29, 0.717) is 0 Å². The standard InChI is InChI=1S/C21H34N2O2/c22-16-9-7-5-3-1-2-4-6-8-10-17-23-21(25)15-14-19-12-11-13-20(24)18-19/h11-15,18,24H,1-10,16-17,22H2,(H,23,25). The zero-order chi connectivity index (χ0) is 18.2. The molecule has 0 bridgehead atoms. The van der Waals surface area contributed by atoms with Gasteiger partial charge in [0.1, 0.15) is 5.75 Å². The van der Waals surface area contributed by atoms with Crippen molar-refractivity contribution in [3.8, 4) is 5.75 Å². The lowest BCUT2D eigenvalue weighted by Crippen LogP contribution is -2.21. The summed E-state index contributed by atoms with van der Waals surface area (Å²) >= 11 is 0. The first-order chi connectivity index (χ1) is 12.2. The number of nitrogens with one attached hydrogen (secondary N) is 1. The number of carbonyl (C=O) groups excluding carboxylic acids is 1. The molecule has 0 aliphatic heterocycles. The lowest BCUT2D eigenvalue weighted by atomic mass is 10.1. The number of benzene rings is 1. The summed E-state index contributed by atoms with van der Waals surface area (Å²) in [5.74, 6) is 0.124. The van der Waals surface area contributed by atoms with Crippen LogP contribution in [0, 0.1) is 0 Å². The van der Waals surface area contributed by atoms with Crippen LogP contribution in [-0.2, 0) is 4.79 Å². The Bertz CT molecular complexity index is 500. The summed E-state index contributed by atoms with van der Waals surface area (Å²) < 4.78 is 0. The smallest absolute Gasteiger partial charge is 0.243 e. The van der Waals surface area contributed by atoms with Crippen LogP contribution in [0.4, 0.5) is 0 Å². The monoisotopic (exact) mass is 346 g/mol. The molecule has 0 spiro atoms. The summed E-state index contributed by atoms with van der Waals surface area (Å²) in [6.07, 6.45) is 15.7. The number of nitrogens with two attached hydrogens (primary N) is 1. The molecule has 0 saturated carbocycles. The number of hydrogen-bond acceptors (Lipinski definition) is 3. The van der Waals surface area contributed by atoms with Gasteiger partial charge in [0.15, 0.2) is 0 Å². The molecule has 4 N–H and O–H groups in total. The van der Waals surface area contributed by atoms with E-state index >= 15 is 0 Å². The summed E-state index contributed by atoms with van der Waals surface area (Å²) in [6.45, 7) is 1.55. The molecular formula is C21H34N2O2. The number of carbonyl (C=O) groups is 1. The van der Waals surface area contributed by atoms with Crippen LogP contribution < -0.4 is 11.1 Å². The first kappa shape index (κ1) is 21.2. The number of unbranched alkanes of at least 4 members (excludes halogenated alkanes) is 9. The zero-order valence-corrected chi connectivity index (χ0v) is 15.4. The molecule has 4 nitrogen and oxygen atoms in total. The Balaban J connectivity index is 1.93. The highest BCUT2D eigenvalue weighted by molar-refractivity contribution is 5.91. The minimum atomic E-state index is -0.0826. The molecule has 0 aromatic heterocycles. The topological polar surface area (TPSA) is 75.3 Å². The minimum Gasteiger partial charge on any atom is -0.508 e. The summed E-state index contributed by atoms with van der Waals surface area (Å²) in [6, 6.07) is 6.84. The summed E-state index contributed by atoms with van der Waals surface area (Å²) in [7, 11) is 0. The van der Waals surface area contributed by atoms with Gasteiger partial charge in [0.25, 0.3) is 0 Å². The van der Waals surface area contributed by atoms with E-state index in [0.717, 1.165) is 31.5 Å². The van der Waals surface area contributed by atoms with Gasteiger partial charge < -0.3 is 16.2 Å². The first-order valence-corrected chi connectivity index (χ1v) is 9.67. The van der Waals surface area contributed by atoms with Gasteiger partial charge in [-0.1, -0.05) is 63.5 Å². The Morgan fingerprint density at radius 2 is 1.56 bits per heavy atom. The molecule has 1 aromatic rings. The van der Waals surface area contributed by atoms with E-state index < -0.39 is 0 Å². The summed E-state index contributed by atoms with van der Waals surface area (Å²) in [4.78, 5) is 11.7. The van der Waals surface area contributed by atoms with Gasteiger partial charge in [-0.15, -0.1) is 0 Å². The predicted molar refractivity (Wildman–Crippen MR) is 105 cm³/mol. The molecule has 0 aliphatic rings. The van der Waals surface area contributed by atoms with E-state index in [4.69, 9.17) is 5.73 Å². The van der Waals surface area contributed by atoms with Crippen LogP contribution in [0.2, 0.25) is 0 Å². The van der Waals surface area contributed by atoms with Crippen molar-refractivity contribution in [3.63, 3.8) is 0 Å². The molecule has 0 unspecified atom stereocenters. The second kappa shape index (κ2) is 14.5. The van der Waals surface area contributed by atoms with Crippen molar-refractivity contribution in [3.05, 3.63) is 35.9 Å². The fraction of sp³-hybridized carbons (Fsp3) is 0.571. The largest absolute Gasteiger partial charge is 0.508 e. The van der Waals surface area contributed by atoms with Gasteiger partial charge in [0.05, 0.1) is 0 Å². The van der Waals surface area contributed by atoms with Gasteiger partial charge in [-0.2, -0.15) is 0 Å². The molecule has 0 heterocycles. The van der Waals surface area contributed by atoms with E-state index in [2.05, 4.69) is 5.32 Å². The third kappa shape index (κ3) is 12.2. The van der Waals surface area contributed by atoms with Gasteiger partial charge in [0, 0.05) is 12.6 Å². The van der Waals surface area contributed by atoms with Gasteiger partial charge in [-0.3, -0.25) is 4.79 Å². The molecule has 4 heteroatoms. The highest BCUT2D eigenvalue weighted by Gasteiger charge is 1.97. The molecule has 0 fully saturated rings. The fourth-order valence-corrected chi connectivity index (χ4v) is 2.75. The van der Waals surface area contributed by atoms with Gasteiger partial charge >= 0.3 is 0 Å². The maximum atomic E-state index is 11.7. The molecule has 140 valence electrons. The van der Waals surface area contributed by atoms with E-state index in [9.17, 15) is 9.90 Å². The second-order valence-corrected chi connectivity index (χ2v) is 6.54. The van der Waals surface area contributed by atoms with Crippen molar-refractivity contribution in [1.29, 1.82) is 0 Å². The van der Waals surface area contributed by atoms with Crippen LogP contribution >= 0.6 is 0 Å². The molecule has 0 aliphatic carbocycles. The quantitative estimate of drug-likeness (QED) is 0.345. The first-order valence-electron chi connectivity index (χ1n) is 9.67.